The van der Waals surface area contributed by atoms with Crippen molar-refractivity contribution in [2.75, 3.05) is 11.9 Å². The molecule has 0 saturated heterocycles. The van der Waals surface area contributed by atoms with Gasteiger partial charge in [-0.2, -0.15) is 13.2 Å². The lowest BCUT2D eigenvalue weighted by Gasteiger charge is -2.15. The molecule has 20 heavy (non-hydrogen) atoms. The van der Waals surface area contributed by atoms with E-state index in [4.69, 9.17) is 5.11 Å². The first-order valence-corrected chi connectivity index (χ1v) is 5.93. The second-order valence-corrected chi connectivity index (χ2v) is 4.53. The molecule has 0 amide bonds. The Kier molecular flexibility index (Phi) is 3.71. The number of H-pyrrole nitrogens is 1. The number of anilines is 1. The Morgan fingerprint density at radius 1 is 1.35 bits per heavy atom. The van der Waals surface area contributed by atoms with Crippen molar-refractivity contribution in [2.24, 2.45) is 0 Å². The van der Waals surface area contributed by atoms with Gasteiger partial charge in [0.2, 0.25) is 5.56 Å². The van der Waals surface area contributed by atoms with E-state index in [0.717, 1.165) is 0 Å². The van der Waals surface area contributed by atoms with Gasteiger partial charge in [0.05, 0.1) is 12.2 Å². The average molecular weight is 286 g/mol. The quantitative estimate of drug-likeness (QED) is 0.811. The minimum absolute atomic E-state index is 0.0905. The van der Waals surface area contributed by atoms with Crippen molar-refractivity contribution >= 4 is 16.6 Å². The fourth-order valence-electron chi connectivity index (χ4n) is 1.91. The number of hydrogen-bond donors (Lipinski definition) is 3. The van der Waals surface area contributed by atoms with E-state index < -0.39 is 17.3 Å². The van der Waals surface area contributed by atoms with Crippen LogP contribution in [0.25, 0.3) is 10.9 Å². The van der Waals surface area contributed by atoms with Gasteiger partial charge < -0.3 is 15.4 Å². The van der Waals surface area contributed by atoms with Crippen LogP contribution in [0.3, 0.4) is 0 Å². The number of aliphatic hydroxyl groups excluding tert-OH is 1. The summed E-state index contributed by atoms with van der Waals surface area (Å²) >= 11 is 0. The normalized spacial score (nSPS) is 13.4. The SMILES string of the molecule is CC(CO)Nc1ccc2[nH]c(=O)cc(C(F)(F)F)c2c1. The van der Waals surface area contributed by atoms with Crippen molar-refractivity contribution in [1.29, 1.82) is 0 Å². The van der Waals surface area contributed by atoms with Crippen LogP contribution in [-0.4, -0.2) is 22.7 Å². The van der Waals surface area contributed by atoms with E-state index in [-0.39, 0.29) is 23.6 Å². The summed E-state index contributed by atoms with van der Waals surface area (Å²) < 4.78 is 38.8. The molecule has 0 radical (unpaired) electrons. The van der Waals surface area contributed by atoms with E-state index in [9.17, 15) is 18.0 Å². The van der Waals surface area contributed by atoms with Gasteiger partial charge in [-0.1, -0.05) is 0 Å². The molecule has 108 valence electrons. The number of aliphatic hydroxyl groups is 1. The van der Waals surface area contributed by atoms with Crippen LogP contribution in [0.2, 0.25) is 0 Å². The van der Waals surface area contributed by atoms with Crippen molar-refractivity contribution in [3.63, 3.8) is 0 Å². The molecule has 0 aliphatic carbocycles. The molecule has 1 heterocycles. The van der Waals surface area contributed by atoms with Gasteiger partial charge >= 0.3 is 6.18 Å². The van der Waals surface area contributed by atoms with Crippen molar-refractivity contribution < 1.29 is 18.3 Å². The number of benzene rings is 1. The molecule has 0 saturated carbocycles. The zero-order valence-corrected chi connectivity index (χ0v) is 10.6. The van der Waals surface area contributed by atoms with E-state index in [1.54, 1.807) is 13.0 Å². The third-order valence-corrected chi connectivity index (χ3v) is 2.84. The molecule has 0 spiro atoms. The predicted molar refractivity (Wildman–Crippen MR) is 69.7 cm³/mol. The lowest BCUT2D eigenvalue weighted by Crippen LogP contribution is -2.19. The minimum Gasteiger partial charge on any atom is -0.394 e. The maximum atomic E-state index is 12.9. The van der Waals surface area contributed by atoms with Crippen LogP contribution in [0.15, 0.2) is 29.1 Å². The lowest BCUT2D eigenvalue weighted by molar-refractivity contribution is -0.136. The molecule has 4 nitrogen and oxygen atoms in total. The summed E-state index contributed by atoms with van der Waals surface area (Å²) in [7, 11) is 0. The van der Waals surface area contributed by atoms with Gasteiger partial charge in [0.25, 0.3) is 0 Å². The van der Waals surface area contributed by atoms with Gasteiger partial charge in [-0.05, 0) is 25.1 Å². The Hall–Kier alpha value is -2.02. The maximum absolute atomic E-state index is 12.9. The van der Waals surface area contributed by atoms with Crippen molar-refractivity contribution in [3.05, 3.63) is 40.2 Å². The molecule has 0 aliphatic rings. The molecule has 2 rings (SSSR count). The molecular formula is C13H13F3N2O2. The summed E-state index contributed by atoms with van der Waals surface area (Å²) in [5.41, 5.74) is -1.21. The Labute approximate surface area is 112 Å². The molecule has 0 bridgehead atoms. The molecule has 3 N–H and O–H groups in total. The van der Waals surface area contributed by atoms with Crippen LogP contribution < -0.4 is 10.9 Å². The topological polar surface area (TPSA) is 65.1 Å². The van der Waals surface area contributed by atoms with Crippen LogP contribution in [-0.2, 0) is 6.18 Å². The number of pyridine rings is 1. The van der Waals surface area contributed by atoms with Crippen LogP contribution in [0.1, 0.15) is 12.5 Å². The standard InChI is InChI=1S/C13H13F3N2O2/c1-7(6-19)17-8-2-3-11-9(4-8)10(13(14,15)16)5-12(20)18-11/h2-5,7,17,19H,6H2,1H3,(H,18,20). The fourth-order valence-corrected chi connectivity index (χ4v) is 1.91. The zero-order chi connectivity index (χ0) is 14.9. The van der Waals surface area contributed by atoms with Gasteiger partial charge in [0.15, 0.2) is 0 Å². The number of aromatic nitrogens is 1. The van der Waals surface area contributed by atoms with E-state index in [2.05, 4.69) is 10.3 Å². The Morgan fingerprint density at radius 3 is 2.65 bits per heavy atom. The maximum Gasteiger partial charge on any atom is 0.417 e. The highest BCUT2D eigenvalue weighted by Gasteiger charge is 2.33. The average Bonchev–Trinajstić information content (AvgIpc) is 2.37. The first kappa shape index (κ1) is 14.4. The number of rotatable bonds is 3. The highest BCUT2D eigenvalue weighted by Crippen LogP contribution is 2.34. The number of hydrogen-bond acceptors (Lipinski definition) is 3. The molecular weight excluding hydrogens is 273 g/mol. The van der Waals surface area contributed by atoms with E-state index >= 15 is 0 Å². The summed E-state index contributed by atoms with van der Waals surface area (Å²) in [5.74, 6) is 0. The second kappa shape index (κ2) is 5.16. The summed E-state index contributed by atoms with van der Waals surface area (Å²) in [4.78, 5) is 13.6. The van der Waals surface area contributed by atoms with Crippen molar-refractivity contribution in [2.45, 2.75) is 19.1 Å². The van der Waals surface area contributed by atoms with Crippen LogP contribution in [0.5, 0.6) is 0 Å². The zero-order valence-electron chi connectivity index (χ0n) is 10.6. The van der Waals surface area contributed by atoms with Crippen LogP contribution in [0, 0.1) is 0 Å². The number of alkyl halides is 3. The van der Waals surface area contributed by atoms with Crippen molar-refractivity contribution in [3.8, 4) is 0 Å². The first-order valence-electron chi connectivity index (χ1n) is 5.93. The van der Waals surface area contributed by atoms with E-state index in [1.165, 1.54) is 12.1 Å². The molecule has 7 heteroatoms. The predicted octanol–water partition coefficient (Wildman–Crippen LogP) is 2.34. The summed E-state index contributed by atoms with van der Waals surface area (Å²) in [5, 5.41) is 11.7. The van der Waals surface area contributed by atoms with Gasteiger partial charge in [-0.15, -0.1) is 0 Å². The third-order valence-electron chi connectivity index (χ3n) is 2.84. The van der Waals surface area contributed by atoms with Gasteiger partial charge in [0, 0.05) is 28.7 Å². The number of aromatic amines is 1. The summed E-state index contributed by atoms with van der Waals surface area (Å²) in [6.45, 7) is 1.55. The molecule has 1 atom stereocenters. The number of fused-ring (bicyclic) bond motifs is 1. The smallest absolute Gasteiger partial charge is 0.394 e. The molecule has 2 aromatic rings. The molecule has 0 aliphatic heterocycles. The monoisotopic (exact) mass is 286 g/mol. The van der Waals surface area contributed by atoms with Crippen LogP contribution in [0.4, 0.5) is 18.9 Å². The number of nitrogens with one attached hydrogen (secondary N) is 2. The Bertz CT molecular complexity index is 679. The van der Waals surface area contributed by atoms with Crippen molar-refractivity contribution in [1.82, 2.24) is 4.98 Å². The summed E-state index contributed by atoms with van der Waals surface area (Å²) in [6, 6.07) is 4.51. The van der Waals surface area contributed by atoms with Gasteiger partial charge in [0.1, 0.15) is 0 Å². The largest absolute Gasteiger partial charge is 0.417 e. The van der Waals surface area contributed by atoms with Gasteiger partial charge in [-0.3, -0.25) is 4.79 Å². The fraction of sp³-hybridized carbons (Fsp3) is 0.308. The Morgan fingerprint density at radius 2 is 2.05 bits per heavy atom. The molecule has 1 aromatic heterocycles. The molecule has 0 fully saturated rings. The minimum atomic E-state index is -4.60. The van der Waals surface area contributed by atoms with E-state index in [0.29, 0.717) is 11.8 Å². The van der Waals surface area contributed by atoms with E-state index in [1.807, 2.05) is 0 Å². The van der Waals surface area contributed by atoms with Gasteiger partial charge in [-0.25, -0.2) is 0 Å². The summed E-state index contributed by atoms with van der Waals surface area (Å²) in [6.07, 6.45) is -4.60. The highest BCUT2D eigenvalue weighted by atomic mass is 19.4. The molecule has 1 unspecified atom stereocenters. The highest BCUT2D eigenvalue weighted by molar-refractivity contribution is 5.85. The lowest BCUT2D eigenvalue weighted by atomic mass is 10.1. The van der Waals surface area contributed by atoms with Crippen LogP contribution >= 0.6 is 0 Å². The third kappa shape index (κ3) is 2.93. The second-order valence-electron chi connectivity index (χ2n) is 4.53. The number of halogens is 3. The Balaban J connectivity index is 2.60. The first-order chi connectivity index (χ1) is 9.31. The molecule has 1 aromatic carbocycles.